The SMILES string of the molecule is COc1cc(Nc2nn(-c3ccc(OC(F)(F)F)cc3)nc2C(C)=O)cc(OC)c1. The minimum absolute atomic E-state index is 0.0485. The Morgan fingerprint density at radius 2 is 1.57 bits per heavy atom. The number of halogens is 3. The molecule has 3 aromatic rings. The molecule has 2 aromatic carbocycles. The number of Topliss-reactive ketones (excluding diaryl/α,β-unsaturated/α-hetero) is 1. The van der Waals surface area contributed by atoms with E-state index < -0.39 is 6.36 Å². The number of carbonyl (C=O) groups is 1. The maximum Gasteiger partial charge on any atom is 0.573 e. The maximum absolute atomic E-state index is 12.3. The molecule has 0 bridgehead atoms. The molecule has 3 rings (SSSR count). The molecule has 158 valence electrons. The molecule has 1 aromatic heterocycles. The predicted octanol–water partition coefficient (Wildman–Crippen LogP) is 4.13. The number of nitrogens with zero attached hydrogens (tertiary/aromatic N) is 3. The van der Waals surface area contributed by atoms with E-state index in [0.717, 1.165) is 16.9 Å². The van der Waals surface area contributed by atoms with Crippen LogP contribution in [0.2, 0.25) is 0 Å². The van der Waals surface area contributed by atoms with Crippen molar-refractivity contribution in [3.63, 3.8) is 0 Å². The van der Waals surface area contributed by atoms with Gasteiger partial charge in [0.05, 0.1) is 19.9 Å². The molecule has 8 nitrogen and oxygen atoms in total. The highest BCUT2D eigenvalue weighted by Crippen LogP contribution is 2.29. The van der Waals surface area contributed by atoms with Gasteiger partial charge in [0.25, 0.3) is 0 Å². The van der Waals surface area contributed by atoms with E-state index in [0.29, 0.717) is 22.9 Å². The lowest BCUT2D eigenvalue weighted by Crippen LogP contribution is -2.17. The van der Waals surface area contributed by atoms with Gasteiger partial charge in [-0.3, -0.25) is 4.79 Å². The van der Waals surface area contributed by atoms with E-state index in [1.54, 1.807) is 18.2 Å². The van der Waals surface area contributed by atoms with Crippen LogP contribution in [0.3, 0.4) is 0 Å². The highest BCUT2D eigenvalue weighted by Gasteiger charge is 2.31. The molecule has 0 saturated carbocycles. The number of alkyl halides is 3. The Morgan fingerprint density at radius 1 is 0.967 bits per heavy atom. The molecular weight excluding hydrogens is 405 g/mol. The third-order valence-corrected chi connectivity index (χ3v) is 3.86. The summed E-state index contributed by atoms with van der Waals surface area (Å²) in [4.78, 5) is 13.1. The zero-order valence-electron chi connectivity index (χ0n) is 16.1. The van der Waals surface area contributed by atoms with Gasteiger partial charge in [-0.15, -0.1) is 28.2 Å². The van der Waals surface area contributed by atoms with Gasteiger partial charge in [-0.1, -0.05) is 0 Å². The predicted molar refractivity (Wildman–Crippen MR) is 101 cm³/mol. The Morgan fingerprint density at radius 3 is 2.07 bits per heavy atom. The molecule has 0 aliphatic heterocycles. The van der Waals surface area contributed by atoms with Gasteiger partial charge in [0.1, 0.15) is 17.2 Å². The number of hydrogen-bond donors (Lipinski definition) is 1. The van der Waals surface area contributed by atoms with E-state index in [4.69, 9.17) is 9.47 Å². The van der Waals surface area contributed by atoms with Crippen LogP contribution in [0.1, 0.15) is 17.4 Å². The summed E-state index contributed by atoms with van der Waals surface area (Å²) in [5.41, 5.74) is 0.922. The van der Waals surface area contributed by atoms with Gasteiger partial charge in [-0.05, 0) is 24.3 Å². The molecule has 0 saturated heterocycles. The zero-order chi connectivity index (χ0) is 21.9. The second kappa shape index (κ2) is 8.31. The van der Waals surface area contributed by atoms with Crippen molar-refractivity contribution in [3.05, 3.63) is 48.2 Å². The van der Waals surface area contributed by atoms with Crippen molar-refractivity contribution in [1.29, 1.82) is 0 Å². The summed E-state index contributed by atoms with van der Waals surface area (Å²) >= 11 is 0. The van der Waals surface area contributed by atoms with Crippen molar-refractivity contribution < 1.29 is 32.2 Å². The molecule has 0 unspecified atom stereocenters. The molecular formula is C19H17F3N4O4. The van der Waals surface area contributed by atoms with Crippen LogP contribution in [0.25, 0.3) is 5.69 Å². The average Bonchev–Trinajstić information content (AvgIpc) is 3.11. The topological polar surface area (TPSA) is 87.5 Å². The first-order chi connectivity index (χ1) is 14.2. The number of benzene rings is 2. The summed E-state index contributed by atoms with van der Waals surface area (Å²) in [6.45, 7) is 1.33. The Hall–Kier alpha value is -3.76. The lowest BCUT2D eigenvalue weighted by atomic mass is 10.2. The smallest absolute Gasteiger partial charge is 0.497 e. The molecule has 0 spiro atoms. The third-order valence-electron chi connectivity index (χ3n) is 3.86. The fourth-order valence-electron chi connectivity index (χ4n) is 2.54. The van der Waals surface area contributed by atoms with E-state index in [2.05, 4.69) is 20.3 Å². The summed E-state index contributed by atoms with van der Waals surface area (Å²) in [7, 11) is 3.00. The normalized spacial score (nSPS) is 11.1. The van der Waals surface area contributed by atoms with E-state index in [-0.39, 0.29) is 23.0 Å². The monoisotopic (exact) mass is 422 g/mol. The number of ketones is 1. The van der Waals surface area contributed by atoms with E-state index in [9.17, 15) is 18.0 Å². The number of aromatic nitrogens is 3. The lowest BCUT2D eigenvalue weighted by molar-refractivity contribution is -0.274. The number of ether oxygens (including phenoxy) is 3. The Labute approximate surface area is 169 Å². The van der Waals surface area contributed by atoms with E-state index in [1.807, 2.05) is 0 Å². The molecule has 0 radical (unpaired) electrons. The standard InChI is InChI=1S/C19H17F3N4O4/c1-11(27)17-18(23-12-8-15(28-2)10-16(9-12)29-3)25-26(24-17)13-4-6-14(7-5-13)30-19(20,21)22/h4-10H,1-3H3,(H,23,25). The minimum atomic E-state index is -4.79. The molecule has 0 aliphatic rings. The molecule has 1 heterocycles. The van der Waals surface area contributed by atoms with Crippen LogP contribution in [0.4, 0.5) is 24.7 Å². The van der Waals surface area contributed by atoms with Gasteiger partial charge in [0.2, 0.25) is 0 Å². The average molecular weight is 422 g/mol. The van der Waals surface area contributed by atoms with Gasteiger partial charge in [0, 0.05) is 30.8 Å². The van der Waals surface area contributed by atoms with Crippen LogP contribution >= 0.6 is 0 Å². The molecule has 1 N–H and O–H groups in total. The summed E-state index contributed by atoms with van der Waals surface area (Å²) in [5.74, 6) is 0.471. The molecule has 30 heavy (non-hydrogen) atoms. The van der Waals surface area contributed by atoms with Crippen molar-refractivity contribution in [2.24, 2.45) is 0 Å². The highest BCUT2D eigenvalue weighted by atomic mass is 19.4. The van der Waals surface area contributed by atoms with Crippen molar-refractivity contribution >= 4 is 17.3 Å². The quantitative estimate of drug-likeness (QED) is 0.573. The van der Waals surface area contributed by atoms with Crippen molar-refractivity contribution in [3.8, 4) is 22.9 Å². The minimum Gasteiger partial charge on any atom is -0.497 e. The number of anilines is 2. The second-order valence-electron chi connectivity index (χ2n) is 6.01. The number of hydrogen-bond acceptors (Lipinski definition) is 7. The van der Waals surface area contributed by atoms with Gasteiger partial charge in [-0.2, -0.15) is 0 Å². The Balaban J connectivity index is 1.92. The van der Waals surface area contributed by atoms with Crippen molar-refractivity contribution in [1.82, 2.24) is 15.0 Å². The van der Waals surface area contributed by atoms with Crippen LogP contribution < -0.4 is 19.5 Å². The summed E-state index contributed by atoms with van der Waals surface area (Å²) in [6.07, 6.45) is -4.79. The maximum atomic E-state index is 12.3. The van der Waals surface area contributed by atoms with Crippen LogP contribution in [-0.2, 0) is 0 Å². The van der Waals surface area contributed by atoms with Crippen molar-refractivity contribution in [2.45, 2.75) is 13.3 Å². The highest BCUT2D eigenvalue weighted by molar-refractivity contribution is 5.97. The van der Waals surface area contributed by atoms with Crippen LogP contribution in [0.5, 0.6) is 17.2 Å². The van der Waals surface area contributed by atoms with Gasteiger partial charge in [0.15, 0.2) is 17.3 Å². The fourth-order valence-corrected chi connectivity index (χ4v) is 2.54. The summed E-state index contributed by atoms with van der Waals surface area (Å²) in [5, 5.41) is 11.4. The number of rotatable bonds is 7. The van der Waals surface area contributed by atoms with Crippen molar-refractivity contribution in [2.75, 3.05) is 19.5 Å². The van der Waals surface area contributed by atoms with Crippen LogP contribution in [0, 0.1) is 0 Å². The largest absolute Gasteiger partial charge is 0.573 e. The van der Waals surface area contributed by atoms with Gasteiger partial charge < -0.3 is 19.5 Å². The molecule has 0 amide bonds. The van der Waals surface area contributed by atoms with Gasteiger partial charge in [-0.25, -0.2) is 0 Å². The number of methoxy groups -OCH3 is 2. The molecule has 11 heteroatoms. The summed E-state index contributed by atoms with van der Waals surface area (Å²) in [6, 6.07) is 9.95. The fraction of sp³-hybridized carbons (Fsp3) is 0.211. The second-order valence-corrected chi connectivity index (χ2v) is 6.01. The molecule has 0 fully saturated rings. The zero-order valence-corrected chi connectivity index (χ0v) is 16.1. The lowest BCUT2D eigenvalue weighted by Gasteiger charge is -2.09. The van der Waals surface area contributed by atoms with Gasteiger partial charge >= 0.3 is 6.36 Å². The first-order valence-corrected chi connectivity index (χ1v) is 8.53. The molecule has 0 aliphatic carbocycles. The van der Waals surface area contributed by atoms with Crippen LogP contribution in [-0.4, -0.2) is 41.4 Å². The first kappa shape index (κ1) is 21.0. The Kier molecular flexibility index (Phi) is 5.81. The first-order valence-electron chi connectivity index (χ1n) is 8.53. The number of carbonyl (C=O) groups excluding carboxylic acids is 1. The van der Waals surface area contributed by atoms with Crippen LogP contribution in [0.15, 0.2) is 42.5 Å². The third kappa shape index (κ3) is 4.99. The van der Waals surface area contributed by atoms with E-state index in [1.165, 1.54) is 33.3 Å². The number of nitrogens with one attached hydrogen (secondary N) is 1. The summed E-state index contributed by atoms with van der Waals surface area (Å²) < 4.78 is 51.2. The molecule has 0 atom stereocenters. The van der Waals surface area contributed by atoms with E-state index >= 15 is 0 Å². The Bertz CT molecular complexity index is 1030.